The average molecular weight is 335 g/mol. The second-order valence-electron chi connectivity index (χ2n) is 5.74. The zero-order valence-corrected chi connectivity index (χ0v) is 14.0. The van der Waals surface area contributed by atoms with E-state index in [0.717, 1.165) is 16.8 Å². The Bertz CT molecular complexity index is 907. The second-order valence-corrected chi connectivity index (χ2v) is 5.74. The molecule has 0 aliphatic rings. The first-order chi connectivity index (χ1) is 12.0. The Labute approximate surface area is 145 Å². The number of benzene rings is 2. The Kier molecular flexibility index (Phi) is 4.75. The molecule has 3 rings (SSSR count). The average Bonchev–Trinajstić information content (AvgIpc) is 2.61. The van der Waals surface area contributed by atoms with Crippen molar-refractivity contribution in [1.29, 1.82) is 0 Å². The maximum atomic E-state index is 13.6. The van der Waals surface area contributed by atoms with Crippen molar-refractivity contribution in [1.82, 2.24) is 4.98 Å². The SMILES string of the molecule is Cc1cccc(NC(=O)c2ccc(Nc3ccccc3F)cn2)c1C. The van der Waals surface area contributed by atoms with Crippen molar-refractivity contribution in [2.24, 2.45) is 0 Å². The van der Waals surface area contributed by atoms with Gasteiger partial charge in [-0.15, -0.1) is 0 Å². The van der Waals surface area contributed by atoms with Crippen LogP contribution in [0.15, 0.2) is 60.8 Å². The van der Waals surface area contributed by atoms with Crippen LogP contribution in [0.5, 0.6) is 0 Å². The van der Waals surface area contributed by atoms with Crippen molar-refractivity contribution in [3.63, 3.8) is 0 Å². The molecule has 0 unspecified atom stereocenters. The Balaban J connectivity index is 1.72. The van der Waals surface area contributed by atoms with E-state index in [9.17, 15) is 9.18 Å². The van der Waals surface area contributed by atoms with E-state index in [1.54, 1.807) is 30.3 Å². The third-order valence-corrected chi connectivity index (χ3v) is 4.00. The highest BCUT2D eigenvalue weighted by Crippen LogP contribution is 2.20. The summed E-state index contributed by atoms with van der Waals surface area (Å²) in [5.41, 5.74) is 4.15. The van der Waals surface area contributed by atoms with Crippen LogP contribution in [-0.4, -0.2) is 10.9 Å². The number of nitrogens with zero attached hydrogens (tertiary/aromatic N) is 1. The lowest BCUT2D eigenvalue weighted by Gasteiger charge is -2.11. The zero-order chi connectivity index (χ0) is 17.8. The quantitative estimate of drug-likeness (QED) is 0.718. The summed E-state index contributed by atoms with van der Waals surface area (Å²) < 4.78 is 13.6. The van der Waals surface area contributed by atoms with E-state index in [-0.39, 0.29) is 11.7 Å². The summed E-state index contributed by atoms with van der Waals surface area (Å²) in [6, 6.07) is 15.4. The topological polar surface area (TPSA) is 54.0 Å². The number of rotatable bonds is 4. The van der Waals surface area contributed by atoms with E-state index in [1.165, 1.54) is 12.3 Å². The molecule has 0 atom stereocenters. The zero-order valence-electron chi connectivity index (χ0n) is 14.0. The second kappa shape index (κ2) is 7.13. The highest BCUT2D eigenvalue weighted by Gasteiger charge is 2.10. The lowest BCUT2D eigenvalue weighted by Crippen LogP contribution is -2.14. The molecule has 1 aromatic heterocycles. The molecule has 1 heterocycles. The summed E-state index contributed by atoms with van der Waals surface area (Å²) in [5.74, 6) is -0.634. The first-order valence-corrected chi connectivity index (χ1v) is 7.90. The maximum absolute atomic E-state index is 13.6. The lowest BCUT2D eigenvalue weighted by molar-refractivity contribution is 0.102. The van der Waals surface area contributed by atoms with Crippen molar-refractivity contribution < 1.29 is 9.18 Å². The summed E-state index contributed by atoms with van der Waals surface area (Å²) in [5, 5.41) is 5.80. The number of amides is 1. The third kappa shape index (κ3) is 3.83. The molecule has 3 aromatic rings. The van der Waals surface area contributed by atoms with Crippen LogP contribution in [0.3, 0.4) is 0 Å². The van der Waals surface area contributed by atoms with Crippen molar-refractivity contribution >= 4 is 23.0 Å². The normalized spacial score (nSPS) is 10.4. The van der Waals surface area contributed by atoms with Gasteiger partial charge in [0.05, 0.1) is 17.6 Å². The first-order valence-electron chi connectivity index (χ1n) is 7.90. The monoisotopic (exact) mass is 335 g/mol. The minimum absolute atomic E-state index is 0.286. The van der Waals surface area contributed by atoms with Gasteiger partial charge in [0.25, 0.3) is 5.91 Å². The number of aryl methyl sites for hydroxylation is 1. The van der Waals surface area contributed by atoms with Crippen molar-refractivity contribution in [2.45, 2.75) is 13.8 Å². The fourth-order valence-electron chi connectivity index (χ4n) is 2.39. The van der Waals surface area contributed by atoms with Gasteiger partial charge in [-0.25, -0.2) is 9.37 Å². The Morgan fingerprint density at radius 3 is 2.44 bits per heavy atom. The summed E-state index contributed by atoms with van der Waals surface area (Å²) in [6.07, 6.45) is 1.50. The van der Waals surface area contributed by atoms with Crippen molar-refractivity contribution in [2.75, 3.05) is 10.6 Å². The van der Waals surface area contributed by atoms with E-state index >= 15 is 0 Å². The number of nitrogens with one attached hydrogen (secondary N) is 2. The summed E-state index contributed by atoms with van der Waals surface area (Å²) in [7, 11) is 0. The Hall–Kier alpha value is -3.21. The van der Waals surface area contributed by atoms with E-state index < -0.39 is 0 Å². The fourth-order valence-corrected chi connectivity index (χ4v) is 2.39. The van der Waals surface area contributed by atoms with Gasteiger partial charge in [0.15, 0.2) is 0 Å². The van der Waals surface area contributed by atoms with Gasteiger partial charge >= 0.3 is 0 Å². The largest absolute Gasteiger partial charge is 0.352 e. The highest BCUT2D eigenvalue weighted by molar-refractivity contribution is 6.03. The maximum Gasteiger partial charge on any atom is 0.274 e. The van der Waals surface area contributed by atoms with E-state index in [1.807, 2.05) is 32.0 Å². The molecule has 5 heteroatoms. The van der Waals surface area contributed by atoms with Crippen LogP contribution in [0.2, 0.25) is 0 Å². The molecule has 0 fully saturated rings. The number of carbonyl (C=O) groups excluding carboxylic acids is 1. The smallest absolute Gasteiger partial charge is 0.274 e. The number of anilines is 3. The molecule has 0 bridgehead atoms. The van der Waals surface area contributed by atoms with Crippen LogP contribution >= 0.6 is 0 Å². The molecule has 25 heavy (non-hydrogen) atoms. The molecule has 126 valence electrons. The summed E-state index contributed by atoms with van der Waals surface area (Å²) in [4.78, 5) is 16.5. The number of halogens is 1. The molecule has 0 radical (unpaired) electrons. The predicted molar refractivity (Wildman–Crippen MR) is 97.8 cm³/mol. The molecule has 2 aromatic carbocycles. The Morgan fingerprint density at radius 1 is 0.960 bits per heavy atom. The summed E-state index contributed by atoms with van der Waals surface area (Å²) >= 11 is 0. The number of aromatic nitrogens is 1. The molecule has 0 spiro atoms. The predicted octanol–water partition coefficient (Wildman–Crippen LogP) is 4.83. The van der Waals surface area contributed by atoms with Crippen LogP contribution in [0.25, 0.3) is 0 Å². The van der Waals surface area contributed by atoms with Crippen LogP contribution in [-0.2, 0) is 0 Å². The van der Waals surface area contributed by atoms with Gasteiger partial charge in [0.1, 0.15) is 11.5 Å². The van der Waals surface area contributed by atoms with E-state index in [2.05, 4.69) is 15.6 Å². The van der Waals surface area contributed by atoms with Gasteiger partial charge in [-0.3, -0.25) is 4.79 Å². The van der Waals surface area contributed by atoms with E-state index in [0.29, 0.717) is 17.1 Å². The summed E-state index contributed by atoms with van der Waals surface area (Å²) in [6.45, 7) is 3.95. The molecular formula is C20H18FN3O. The van der Waals surface area contributed by atoms with Crippen LogP contribution in [0.4, 0.5) is 21.5 Å². The minimum Gasteiger partial charge on any atom is -0.352 e. The molecule has 0 aliphatic heterocycles. The van der Waals surface area contributed by atoms with Gasteiger partial charge in [0.2, 0.25) is 0 Å². The fraction of sp³-hybridized carbons (Fsp3) is 0.100. The van der Waals surface area contributed by atoms with Gasteiger partial charge in [0, 0.05) is 5.69 Å². The lowest BCUT2D eigenvalue weighted by atomic mass is 10.1. The first kappa shape index (κ1) is 16.6. The molecule has 0 saturated carbocycles. The number of carbonyl (C=O) groups is 1. The molecule has 1 amide bonds. The van der Waals surface area contributed by atoms with E-state index in [4.69, 9.17) is 0 Å². The molecule has 2 N–H and O–H groups in total. The van der Waals surface area contributed by atoms with Crippen LogP contribution in [0.1, 0.15) is 21.6 Å². The third-order valence-electron chi connectivity index (χ3n) is 4.00. The number of hydrogen-bond donors (Lipinski definition) is 2. The standard InChI is InChI=1S/C20H18FN3O/c1-13-6-5-9-17(14(13)2)24-20(25)19-11-10-15(12-22-19)23-18-8-4-3-7-16(18)21/h3-12,23H,1-2H3,(H,24,25). The van der Waals surface area contributed by atoms with Crippen LogP contribution < -0.4 is 10.6 Å². The number of hydrogen-bond acceptors (Lipinski definition) is 3. The molecule has 0 aliphatic carbocycles. The molecule has 4 nitrogen and oxygen atoms in total. The van der Waals surface area contributed by atoms with Crippen molar-refractivity contribution in [3.8, 4) is 0 Å². The number of pyridine rings is 1. The molecule has 0 saturated heterocycles. The van der Waals surface area contributed by atoms with Crippen LogP contribution in [0, 0.1) is 19.7 Å². The number of para-hydroxylation sites is 1. The highest BCUT2D eigenvalue weighted by atomic mass is 19.1. The van der Waals surface area contributed by atoms with Gasteiger partial charge in [-0.05, 0) is 55.3 Å². The van der Waals surface area contributed by atoms with Gasteiger partial charge in [-0.2, -0.15) is 0 Å². The van der Waals surface area contributed by atoms with Gasteiger partial charge in [-0.1, -0.05) is 24.3 Å². The molecular weight excluding hydrogens is 317 g/mol. The Morgan fingerprint density at radius 2 is 1.72 bits per heavy atom. The minimum atomic E-state index is -0.348. The van der Waals surface area contributed by atoms with Crippen molar-refractivity contribution in [3.05, 3.63) is 83.4 Å². The van der Waals surface area contributed by atoms with Gasteiger partial charge < -0.3 is 10.6 Å².